The van der Waals surface area contributed by atoms with E-state index >= 15 is 0 Å². The Morgan fingerprint density at radius 2 is 2.04 bits per heavy atom. The zero-order valence-corrected chi connectivity index (χ0v) is 17.9. The van der Waals surface area contributed by atoms with Crippen molar-refractivity contribution in [3.05, 3.63) is 0 Å². The van der Waals surface area contributed by atoms with Crippen molar-refractivity contribution in [3.8, 4) is 0 Å². The maximum Gasteiger partial charge on any atom is 0.191 e. The normalized spacial score (nSPS) is 28.3. The van der Waals surface area contributed by atoms with Gasteiger partial charge in [-0.05, 0) is 32.1 Å². The Balaban J connectivity index is 0.00000225. The number of nitrogens with one attached hydrogen (secondary N) is 2. The van der Waals surface area contributed by atoms with Crippen LogP contribution in [-0.4, -0.2) is 75.5 Å². The van der Waals surface area contributed by atoms with Crippen LogP contribution in [0.5, 0.6) is 0 Å². The van der Waals surface area contributed by atoms with Gasteiger partial charge in [-0.25, -0.2) is 0 Å². The Morgan fingerprint density at radius 3 is 2.76 bits per heavy atom. The molecule has 146 valence electrons. The van der Waals surface area contributed by atoms with Crippen LogP contribution in [0.4, 0.5) is 0 Å². The minimum absolute atomic E-state index is 0. The minimum Gasteiger partial charge on any atom is -0.377 e. The lowest BCUT2D eigenvalue weighted by molar-refractivity contribution is 0.0191. The number of aliphatic imine (C=N–C) groups is 1. The van der Waals surface area contributed by atoms with Crippen LogP contribution in [0.2, 0.25) is 0 Å². The van der Waals surface area contributed by atoms with E-state index < -0.39 is 0 Å². The molecule has 2 aliphatic heterocycles. The van der Waals surface area contributed by atoms with Gasteiger partial charge in [-0.15, -0.1) is 24.0 Å². The Labute approximate surface area is 169 Å². The average Bonchev–Trinajstić information content (AvgIpc) is 3.34. The van der Waals surface area contributed by atoms with Crippen molar-refractivity contribution in [3.63, 3.8) is 0 Å². The number of guanidine groups is 1. The van der Waals surface area contributed by atoms with Crippen LogP contribution in [0.1, 0.15) is 44.9 Å². The van der Waals surface area contributed by atoms with E-state index in [1.165, 1.54) is 45.1 Å². The highest BCUT2D eigenvalue weighted by molar-refractivity contribution is 14.0. The van der Waals surface area contributed by atoms with Gasteiger partial charge in [-0.1, -0.05) is 12.8 Å². The topological polar surface area (TPSA) is 58.1 Å². The van der Waals surface area contributed by atoms with Crippen LogP contribution in [0.3, 0.4) is 0 Å². The smallest absolute Gasteiger partial charge is 0.191 e. The molecule has 1 aliphatic carbocycles. The zero-order valence-electron chi connectivity index (χ0n) is 15.5. The number of ether oxygens (including phenoxy) is 2. The summed E-state index contributed by atoms with van der Waals surface area (Å²) in [7, 11) is 1.84. The van der Waals surface area contributed by atoms with E-state index in [1.54, 1.807) is 0 Å². The predicted molar refractivity (Wildman–Crippen MR) is 112 cm³/mol. The molecule has 0 radical (unpaired) electrons. The van der Waals surface area contributed by atoms with Crippen LogP contribution in [0, 0.1) is 0 Å². The maximum atomic E-state index is 5.69. The van der Waals surface area contributed by atoms with Crippen LogP contribution in [0.15, 0.2) is 4.99 Å². The number of hydrogen-bond acceptors (Lipinski definition) is 4. The second-order valence-electron chi connectivity index (χ2n) is 7.27. The molecule has 3 rings (SSSR count). The van der Waals surface area contributed by atoms with Crippen LogP contribution < -0.4 is 10.6 Å². The van der Waals surface area contributed by atoms with Crippen LogP contribution in [0.25, 0.3) is 0 Å². The average molecular weight is 466 g/mol. The lowest BCUT2D eigenvalue weighted by Gasteiger charge is -2.24. The number of halogens is 1. The summed E-state index contributed by atoms with van der Waals surface area (Å²) in [6, 6.07) is 1.35. The third-order valence-corrected chi connectivity index (χ3v) is 5.49. The van der Waals surface area contributed by atoms with Gasteiger partial charge in [0.15, 0.2) is 5.96 Å². The van der Waals surface area contributed by atoms with Gasteiger partial charge in [0, 0.05) is 45.4 Å². The lowest BCUT2D eigenvalue weighted by atomic mass is 10.2. The molecule has 7 heteroatoms. The quantitative estimate of drug-likeness (QED) is 0.260. The second kappa shape index (κ2) is 11.6. The van der Waals surface area contributed by atoms with Gasteiger partial charge in [0.1, 0.15) is 0 Å². The van der Waals surface area contributed by atoms with Crippen LogP contribution in [-0.2, 0) is 9.47 Å². The molecular formula is C18H35IN4O2. The lowest BCUT2D eigenvalue weighted by Crippen LogP contribution is -2.46. The SMILES string of the molecule is CN=C(NCCOCC1CCCO1)NC1CCN(C2CCCC2)C1.I. The molecule has 0 amide bonds. The molecule has 3 aliphatic rings. The maximum absolute atomic E-state index is 5.69. The highest BCUT2D eigenvalue weighted by Crippen LogP contribution is 2.26. The fourth-order valence-corrected chi connectivity index (χ4v) is 4.13. The molecule has 1 saturated carbocycles. The van der Waals surface area contributed by atoms with E-state index in [9.17, 15) is 0 Å². The van der Waals surface area contributed by atoms with Crippen LogP contribution >= 0.6 is 24.0 Å². The molecular weight excluding hydrogens is 431 g/mol. The summed E-state index contributed by atoms with van der Waals surface area (Å²) in [6.07, 6.45) is 9.43. The molecule has 2 saturated heterocycles. The summed E-state index contributed by atoms with van der Waals surface area (Å²) >= 11 is 0. The van der Waals surface area contributed by atoms with E-state index in [4.69, 9.17) is 9.47 Å². The van der Waals surface area contributed by atoms with E-state index in [2.05, 4.69) is 20.5 Å². The zero-order chi connectivity index (χ0) is 16.6. The van der Waals surface area contributed by atoms with E-state index in [0.717, 1.165) is 38.1 Å². The fraction of sp³-hybridized carbons (Fsp3) is 0.944. The third kappa shape index (κ3) is 6.84. The van der Waals surface area contributed by atoms with Crippen molar-refractivity contribution < 1.29 is 9.47 Å². The van der Waals surface area contributed by atoms with Gasteiger partial charge in [-0.3, -0.25) is 9.89 Å². The van der Waals surface area contributed by atoms with Crippen molar-refractivity contribution in [2.45, 2.75) is 63.1 Å². The summed E-state index contributed by atoms with van der Waals surface area (Å²) in [4.78, 5) is 7.01. The molecule has 2 N–H and O–H groups in total. The molecule has 2 atom stereocenters. The monoisotopic (exact) mass is 466 g/mol. The highest BCUT2D eigenvalue weighted by atomic mass is 127. The summed E-state index contributed by atoms with van der Waals surface area (Å²) in [5, 5.41) is 6.93. The van der Waals surface area contributed by atoms with Gasteiger partial charge in [0.05, 0.1) is 19.3 Å². The van der Waals surface area contributed by atoms with Crippen molar-refractivity contribution in [1.29, 1.82) is 0 Å². The van der Waals surface area contributed by atoms with Gasteiger partial charge in [0.25, 0.3) is 0 Å². The molecule has 2 heterocycles. The first-order valence-corrected chi connectivity index (χ1v) is 9.75. The molecule has 0 aromatic heterocycles. The molecule has 0 aromatic carbocycles. The molecule has 0 bridgehead atoms. The first-order valence-electron chi connectivity index (χ1n) is 9.75. The Kier molecular flexibility index (Phi) is 9.80. The van der Waals surface area contributed by atoms with Crippen molar-refractivity contribution >= 4 is 29.9 Å². The largest absolute Gasteiger partial charge is 0.377 e. The number of rotatable bonds is 7. The number of nitrogens with zero attached hydrogens (tertiary/aromatic N) is 2. The molecule has 25 heavy (non-hydrogen) atoms. The van der Waals surface area contributed by atoms with Gasteiger partial charge >= 0.3 is 0 Å². The number of hydrogen-bond donors (Lipinski definition) is 2. The third-order valence-electron chi connectivity index (χ3n) is 5.49. The first-order chi connectivity index (χ1) is 11.8. The molecule has 2 unspecified atom stereocenters. The predicted octanol–water partition coefficient (Wildman–Crippen LogP) is 1.98. The van der Waals surface area contributed by atoms with Gasteiger partial charge in [-0.2, -0.15) is 0 Å². The van der Waals surface area contributed by atoms with E-state index in [-0.39, 0.29) is 24.0 Å². The summed E-state index contributed by atoms with van der Waals surface area (Å²) in [5.41, 5.74) is 0. The molecule has 0 aromatic rings. The summed E-state index contributed by atoms with van der Waals surface area (Å²) < 4.78 is 11.2. The van der Waals surface area contributed by atoms with Gasteiger partial charge < -0.3 is 20.1 Å². The Hall–Kier alpha value is -0.120. The van der Waals surface area contributed by atoms with Crippen molar-refractivity contribution in [1.82, 2.24) is 15.5 Å². The molecule has 3 fully saturated rings. The highest BCUT2D eigenvalue weighted by Gasteiger charge is 2.30. The minimum atomic E-state index is 0. The fourth-order valence-electron chi connectivity index (χ4n) is 4.13. The van der Waals surface area contributed by atoms with Crippen molar-refractivity contribution in [2.24, 2.45) is 4.99 Å². The first kappa shape index (κ1) is 21.2. The summed E-state index contributed by atoms with van der Waals surface area (Å²) in [6.45, 7) is 5.46. The molecule has 0 spiro atoms. The number of likely N-dealkylation sites (tertiary alicyclic amines) is 1. The second-order valence-corrected chi connectivity index (χ2v) is 7.27. The summed E-state index contributed by atoms with van der Waals surface area (Å²) in [5.74, 6) is 0.897. The Bertz CT molecular complexity index is 399. The van der Waals surface area contributed by atoms with Crippen molar-refractivity contribution in [2.75, 3.05) is 46.5 Å². The standard InChI is InChI=1S/C18H34N4O2.HI/c1-19-18(20-9-12-23-14-17-7-4-11-24-17)21-15-8-10-22(13-15)16-5-2-3-6-16;/h15-17H,2-14H2,1H3,(H2,19,20,21);1H. The van der Waals surface area contributed by atoms with Gasteiger partial charge in [0.2, 0.25) is 0 Å². The molecule has 6 nitrogen and oxygen atoms in total. The van der Waals surface area contributed by atoms with E-state index in [0.29, 0.717) is 25.4 Å². The Morgan fingerprint density at radius 1 is 1.20 bits per heavy atom. The van der Waals surface area contributed by atoms with E-state index in [1.807, 2.05) is 7.05 Å².